The van der Waals surface area contributed by atoms with Crippen LogP contribution in [0.3, 0.4) is 0 Å². The molecule has 0 aromatic heterocycles. The quantitative estimate of drug-likeness (QED) is 0.788. The van der Waals surface area contributed by atoms with Crippen molar-refractivity contribution in [3.8, 4) is 0 Å². The first kappa shape index (κ1) is 16.1. The fourth-order valence-corrected chi connectivity index (χ4v) is 4.28. The van der Waals surface area contributed by atoms with Crippen LogP contribution in [0.5, 0.6) is 0 Å². The van der Waals surface area contributed by atoms with E-state index in [9.17, 15) is 18.0 Å². The van der Waals surface area contributed by atoms with Gasteiger partial charge < -0.3 is 4.90 Å². The van der Waals surface area contributed by atoms with Gasteiger partial charge in [0.05, 0.1) is 5.69 Å². The Morgan fingerprint density at radius 2 is 1.80 bits per heavy atom. The van der Waals surface area contributed by atoms with Gasteiger partial charge in [-0.05, 0) is 30.5 Å². The first-order valence-corrected chi connectivity index (χ1v) is 8.01. The van der Waals surface area contributed by atoms with Crippen LogP contribution in [0.15, 0.2) is 36.4 Å². The summed E-state index contributed by atoms with van der Waals surface area (Å²) in [6.45, 7) is 3.75. The number of nitrogens with one attached hydrogen (secondary N) is 1. The normalized spacial score (nSPS) is 24.8. The predicted octanol–water partition coefficient (Wildman–Crippen LogP) is 3.73. The van der Waals surface area contributed by atoms with Crippen LogP contribution < -0.4 is 10.2 Å². The van der Waals surface area contributed by atoms with Gasteiger partial charge >= 0.3 is 6.18 Å². The molecule has 0 bridgehead atoms. The lowest BCUT2D eigenvalue weighted by Crippen LogP contribution is -2.49. The average Bonchev–Trinajstić information content (AvgIpc) is 2.98. The van der Waals surface area contributed by atoms with Crippen molar-refractivity contribution in [2.45, 2.75) is 31.6 Å². The maximum absolute atomic E-state index is 13.6. The zero-order valence-electron chi connectivity index (χ0n) is 14.0. The highest BCUT2D eigenvalue weighted by atomic mass is 19.4. The number of benzene rings is 2. The number of fused-ring (bicyclic) bond motifs is 4. The van der Waals surface area contributed by atoms with E-state index < -0.39 is 17.8 Å². The fourth-order valence-electron chi connectivity index (χ4n) is 4.28. The van der Waals surface area contributed by atoms with Crippen molar-refractivity contribution in [1.29, 1.82) is 0 Å². The molecule has 1 amide bonds. The summed E-state index contributed by atoms with van der Waals surface area (Å²) in [5.41, 5.74) is 2.07. The zero-order chi connectivity index (χ0) is 18.1. The molecule has 1 spiro atoms. The van der Waals surface area contributed by atoms with Gasteiger partial charge in [-0.25, -0.2) is 0 Å². The van der Waals surface area contributed by atoms with Crippen LogP contribution in [-0.2, 0) is 10.3 Å². The Bertz CT molecular complexity index is 906. The highest BCUT2D eigenvalue weighted by molar-refractivity contribution is 6.11. The Hall–Kier alpha value is -2.34. The molecule has 2 aliphatic rings. The van der Waals surface area contributed by atoms with E-state index in [4.69, 9.17) is 0 Å². The van der Waals surface area contributed by atoms with Gasteiger partial charge in [0.25, 0.3) is 5.91 Å². The van der Waals surface area contributed by atoms with Gasteiger partial charge in [-0.15, -0.1) is 0 Å². The van der Waals surface area contributed by atoms with E-state index >= 15 is 0 Å². The number of anilines is 1. The predicted molar refractivity (Wildman–Crippen MR) is 88.5 cm³/mol. The number of aryl methyl sites for hydroxylation is 2. The minimum Gasteiger partial charge on any atom is -0.313 e. The smallest absolute Gasteiger partial charge is 0.313 e. The lowest BCUT2D eigenvalue weighted by atomic mass is 9.83. The minimum absolute atomic E-state index is 0.115. The number of alkyl halides is 3. The van der Waals surface area contributed by atoms with Crippen LogP contribution in [0.4, 0.5) is 18.9 Å². The molecule has 4 rings (SSSR count). The highest BCUT2D eigenvalue weighted by Gasteiger charge is 2.61. The van der Waals surface area contributed by atoms with E-state index in [0.29, 0.717) is 16.8 Å². The number of likely N-dealkylation sites (N-methyl/N-ethyl adjacent to an activating group) is 1. The molecule has 2 atom stereocenters. The van der Waals surface area contributed by atoms with Crippen LogP contribution in [0.25, 0.3) is 0 Å². The second kappa shape index (κ2) is 4.85. The van der Waals surface area contributed by atoms with Crippen molar-refractivity contribution in [3.05, 3.63) is 64.2 Å². The van der Waals surface area contributed by atoms with E-state index in [2.05, 4.69) is 5.32 Å². The van der Waals surface area contributed by atoms with E-state index in [1.54, 1.807) is 25.2 Å². The Morgan fingerprint density at radius 1 is 1.12 bits per heavy atom. The third-order valence-electron chi connectivity index (χ3n) is 5.17. The zero-order valence-corrected chi connectivity index (χ0v) is 14.0. The second-order valence-electron chi connectivity index (χ2n) is 6.80. The summed E-state index contributed by atoms with van der Waals surface area (Å²) in [6, 6.07) is 8.19. The van der Waals surface area contributed by atoms with Gasteiger partial charge in [0.2, 0.25) is 0 Å². The average molecular weight is 346 g/mol. The molecule has 0 fully saturated rings. The van der Waals surface area contributed by atoms with Gasteiger partial charge in [0.15, 0.2) is 5.54 Å². The van der Waals surface area contributed by atoms with Crippen LogP contribution >= 0.6 is 0 Å². The standard InChI is InChI=1S/C19H17F3N2O/c1-10-8-11(2)15-14(9-10)18(17(25)24(15)3)13-7-5-4-6-12(13)16(23-18)19(20,21)22/h4-9,16,23H,1-3H3. The largest absolute Gasteiger partial charge is 0.407 e. The Morgan fingerprint density at radius 3 is 2.48 bits per heavy atom. The summed E-state index contributed by atoms with van der Waals surface area (Å²) < 4.78 is 40.9. The second-order valence-corrected chi connectivity index (χ2v) is 6.80. The molecule has 2 aromatic rings. The Labute approximate surface area is 143 Å². The minimum atomic E-state index is -4.49. The lowest BCUT2D eigenvalue weighted by molar-refractivity contribution is -0.159. The first-order valence-electron chi connectivity index (χ1n) is 8.01. The third kappa shape index (κ3) is 1.94. The topological polar surface area (TPSA) is 32.3 Å². The van der Waals surface area contributed by atoms with Crippen LogP contribution in [0.2, 0.25) is 0 Å². The number of nitrogens with zero attached hydrogens (tertiary/aromatic N) is 1. The van der Waals surface area contributed by atoms with E-state index in [1.165, 1.54) is 11.0 Å². The molecule has 0 aliphatic carbocycles. The lowest BCUT2D eigenvalue weighted by Gasteiger charge is -2.26. The van der Waals surface area contributed by atoms with Crippen molar-refractivity contribution in [3.63, 3.8) is 0 Å². The molecule has 0 radical (unpaired) electrons. The van der Waals surface area contributed by atoms with Gasteiger partial charge in [0.1, 0.15) is 6.04 Å². The van der Waals surface area contributed by atoms with Crippen molar-refractivity contribution >= 4 is 11.6 Å². The number of amides is 1. The van der Waals surface area contributed by atoms with Crippen LogP contribution in [0.1, 0.15) is 33.9 Å². The number of hydrogen-bond donors (Lipinski definition) is 1. The number of hydrogen-bond acceptors (Lipinski definition) is 2. The molecule has 0 saturated carbocycles. The van der Waals surface area contributed by atoms with Gasteiger partial charge in [-0.3, -0.25) is 10.1 Å². The fraction of sp³-hybridized carbons (Fsp3) is 0.316. The Kier molecular flexibility index (Phi) is 3.13. The third-order valence-corrected chi connectivity index (χ3v) is 5.17. The molecule has 2 unspecified atom stereocenters. The maximum atomic E-state index is 13.6. The highest BCUT2D eigenvalue weighted by Crippen LogP contribution is 2.54. The number of rotatable bonds is 0. The van der Waals surface area contributed by atoms with Gasteiger partial charge in [0, 0.05) is 12.6 Å². The number of halogens is 3. The summed E-state index contributed by atoms with van der Waals surface area (Å²) >= 11 is 0. The summed E-state index contributed by atoms with van der Waals surface area (Å²) in [5, 5.41) is 2.65. The molecule has 2 heterocycles. The van der Waals surface area contributed by atoms with Crippen molar-refractivity contribution < 1.29 is 18.0 Å². The van der Waals surface area contributed by atoms with Crippen LogP contribution in [0, 0.1) is 13.8 Å². The summed E-state index contributed by atoms with van der Waals surface area (Å²) in [6.07, 6.45) is -4.49. The molecule has 2 aromatic carbocycles. The van der Waals surface area contributed by atoms with Gasteiger partial charge in [-0.2, -0.15) is 13.2 Å². The van der Waals surface area contributed by atoms with Crippen molar-refractivity contribution in [2.24, 2.45) is 0 Å². The van der Waals surface area contributed by atoms with Crippen LogP contribution in [-0.4, -0.2) is 19.1 Å². The molecule has 6 heteroatoms. The maximum Gasteiger partial charge on any atom is 0.407 e. The Balaban J connectivity index is 2.06. The van der Waals surface area contributed by atoms with Crippen molar-refractivity contribution in [1.82, 2.24) is 5.32 Å². The summed E-state index contributed by atoms with van der Waals surface area (Å²) in [5.74, 6) is -0.379. The molecule has 1 N–H and O–H groups in total. The molecule has 3 nitrogen and oxygen atoms in total. The molecule has 2 aliphatic heterocycles. The molecular weight excluding hydrogens is 329 g/mol. The number of carbonyl (C=O) groups excluding carboxylic acids is 1. The summed E-state index contributed by atoms with van der Waals surface area (Å²) in [7, 11) is 1.61. The molecular formula is C19H17F3N2O. The molecule has 130 valence electrons. The first-order chi connectivity index (χ1) is 11.7. The van der Waals surface area contributed by atoms with Crippen molar-refractivity contribution in [2.75, 3.05) is 11.9 Å². The van der Waals surface area contributed by atoms with E-state index in [1.807, 2.05) is 26.0 Å². The SMILES string of the molecule is Cc1cc(C)c2c(c1)C1(NC(C(F)(F)F)c3ccccc31)C(=O)N2C. The van der Waals surface area contributed by atoms with Gasteiger partial charge in [-0.1, -0.05) is 42.0 Å². The molecule has 25 heavy (non-hydrogen) atoms. The van der Waals surface area contributed by atoms with E-state index in [0.717, 1.165) is 11.1 Å². The number of carbonyl (C=O) groups is 1. The van der Waals surface area contributed by atoms with E-state index in [-0.39, 0.29) is 11.5 Å². The molecule has 0 saturated heterocycles. The monoisotopic (exact) mass is 346 g/mol. The summed E-state index contributed by atoms with van der Waals surface area (Å²) in [4.78, 5) is 14.6.